The Balaban J connectivity index is 1.95. The minimum absolute atomic E-state index is 0.00306. The van der Waals surface area contributed by atoms with Gasteiger partial charge in [0, 0.05) is 11.8 Å². The third-order valence-corrected chi connectivity index (χ3v) is 4.17. The average molecular weight is 246 g/mol. The fraction of sp³-hybridized carbons (Fsp3) is 0.923. The maximum Gasteiger partial charge on any atom is 0.139 e. The maximum absolute atomic E-state index is 13.4. The molecule has 2 saturated carbocycles. The Morgan fingerprint density at radius 2 is 1.47 bits per heavy atom. The minimum Gasteiger partial charge on any atom is -0.387 e. The van der Waals surface area contributed by atoms with Gasteiger partial charge in [-0.25, -0.2) is 8.78 Å². The Morgan fingerprint density at radius 3 is 2.00 bits per heavy atom. The van der Waals surface area contributed by atoms with Crippen molar-refractivity contribution in [1.82, 2.24) is 0 Å². The first kappa shape index (κ1) is 12.9. The molecule has 2 fully saturated rings. The van der Waals surface area contributed by atoms with Gasteiger partial charge in [-0.2, -0.15) is 0 Å². The Kier molecular flexibility index (Phi) is 4.13. The Morgan fingerprint density at radius 1 is 0.941 bits per heavy atom. The molecule has 2 nitrogen and oxygen atoms in total. The molecule has 98 valence electrons. The Hall–Kier alpha value is -0.510. The molecule has 2 aliphatic carbocycles. The molecule has 2 rings (SSSR count). The zero-order valence-corrected chi connectivity index (χ0v) is 9.95. The number of aliphatic hydroxyl groups is 1. The van der Waals surface area contributed by atoms with Crippen molar-refractivity contribution in [2.75, 3.05) is 0 Å². The molecule has 2 unspecified atom stereocenters. The summed E-state index contributed by atoms with van der Waals surface area (Å²) in [5.74, 6) is -0.489. The van der Waals surface area contributed by atoms with Gasteiger partial charge in [0.15, 0.2) is 0 Å². The zero-order valence-electron chi connectivity index (χ0n) is 9.95. The number of hydrogen-bond acceptors (Lipinski definition) is 2. The molecule has 0 heterocycles. The maximum atomic E-state index is 13.4. The molecular weight excluding hydrogens is 226 g/mol. The zero-order chi connectivity index (χ0) is 12.4. The summed E-state index contributed by atoms with van der Waals surface area (Å²) in [5, 5.41) is 9.19. The van der Waals surface area contributed by atoms with Gasteiger partial charge in [0.05, 0.1) is 0 Å². The normalized spacial score (nSPS) is 40.2. The Labute approximate surface area is 100 Å². The van der Waals surface area contributed by atoms with E-state index >= 15 is 0 Å². The van der Waals surface area contributed by atoms with Gasteiger partial charge in [0.25, 0.3) is 0 Å². The van der Waals surface area contributed by atoms with Crippen molar-refractivity contribution in [3.8, 4) is 0 Å². The second kappa shape index (κ2) is 5.42. The van der Waals surface area contributed by atoms with E-state index in [1.165, 1.54) is 0 Å². The van der Waals surface area contributed by atoms with Crippen LogP contribution in [-0.4, -0.2) is 29.3 Å². The molecule has 0 radical (unpaired) electrons. The molecule has 0 spiro atoms. The number of Topliss-reactive ketones (excluding diaryl/α,β-unsaturated/α-hetero) is 1. The lowest BCUT2D eigenvalue weighted by Gasteiger charge is -2.33. The summed E-state index contributed by atoms with van der Waals surface area (Å²) in [4.78, 5) is 12.1. The van der Waals surface area contributed by atoms with Gasteiger partial charge in [-0.05, 0) is 25.7 Å². The second-order valence-electron chi connectivity index (χ2n) is 5.43. The highest BCUT2D eigenvalue weighted by Gasteiger charge is 2.41. The van der Waals surface area contributed by atoms with E-state index in [1.54, 1.807) is 0 Å². The van der Waals surface area contributed by atoms with Crippen LogP contribution < -0.4 is 0 Å². The number of aliphatic hydroxyl groups excluding tert-OH is 1. The number of carbonyl (C=O) groups excluding carboxylic acids is 1. The summed E-state index contributed by atoms with van der Waals surface area (Å²) >= 11 is 0. The summed E-state index contributed by atoms with van der Waals surface area (Å²) in [6, 6.07) is 0. The van der Waals surface area contributed by atoms with Crippen molar-refractivity contribution >= 4 is 5.78 Å². The standard InChI is InChI=1S/C13H20F2O2/c14-10-6-9(7-11(15)13(10)17)12(16)8-4-2-1-3-5-8/h8-11,13,17H,1-7H2. The third kappa shape index (κ3) is 2.84. The first-order valence-corrected chi connectivity index (χ1v) is 6.59. The first-order valence-electron chi connectivity index (χ1n) is 6.59. The summed E-state index contributed by atoms with van der Waals surface area (Å²) in [6.45, 7) is 0. The molecule has 0 saturated heterocycles. The molecule has 17 heavy (non-hydrogen) atoms. The highest BCUT2D eigenvalue weighted by molar-refractivity contribution is 5.83. The summed E-state index contributed by atoms with van der Waals surface area (Å²) in [6.07, 6.45) is 0.266. The highest BCUT2D eigenvalue weighted by Crippen LogP contribution is 2.35. The lowest BCUT2D eigenvalue weighted by molar-refractivity contribution is -0.133. The Bertz CT molecular complexity index is 265. The summed E-state index contributed by atoms with van der Waals surface area (Å²) in [5.41, 5.74) is 0. The molecular formula is C13H20F2O2. The molecule has 0 aromatic rings. The molecule has 4 heteroatoms. The minimum atomic E-state index is -1.59. The predicted molar refractivity (Wildman–Crippen MR) is 60.1 cm³/mol. The SMILES string of the molecule is O=C(C1CCCCC1)C1CC(F)C(O)C(F)C1. The van der Waals surface area contributed by atoms with E-state index in [1.807, 2.05) is 0 Å². The molecule has 2 aliphatic rings. The number of alkyl halides is 2. The van der Waals surface area contributed by atoms with Crippen molar-refractivity contribution in [2.45, 2.75) is 63.4 Å². The smallest absolute Gasteiger partial charge is 0.139 e. The van der Waals surface area contributed by atoms with E-state index in [0.29, 0.717) is 0 Å². The van der Waals surface area contributed by atoms with Crippen molar-refractivity contribution in [3.05, 3.63) is 0 Å². The third-order valence-electron chi connectivity index (χ3n) is 4.17. The number of ketones is 1. The van der Waals surface area contributed by atoms with Crippen LogP contribution in [-0.2, 0) is 4.79 Å². The monoisotopic (exact) mass is 246 g/mol. The van der Waals surface area contributed by atoms with Crippen LogP contribution >= 0.6 is 0 Å². The van der Waals surface area contributed by atoms with E-state index in [2.05, 4.69) is 0 Å². The fourth-order valence-electron chi connectivity index (χ4n) is 3.10. The quantitative estimate of drug-likeness (QED) is 0.813. The lowest BCUT2D eigenvalue weighted by Crippen LogP contribution is -2.43. The van der Waals surface area contributed by atoms with Gasteiger partial charge in [0.2, 0.25) is 0 Å². The van der Waals surface area contributed by atoms with Gasteiger partial charge in [-0.15, -0.1) is 0 Å². The largest absolute Gasteiger partial charge is 0.387 e. The van der Waals surface area contributed by atoms with E-state index in [4.69, 9.17) is 0 Å². The lowest BCUT2D eigenvalue weighted by atomic mass is 9.75. The predicted octanol–water partition coefficient (Wildman–Crippen LogP) is 2.58. The van der Waals surface area contributed by atoms with Crippen LogP contribution in [0.15, 0.2) is 0 Å². The number of rotatable bonds is 2. The van der Waals surface area contributed by atoms with Gasteiger partial charge < -0.3 is 5.11 Å². The van der Waals surface area contributed by atoms with E-state index in [9.17, 15) is 18.7 Å². The van der Waals surface area contributed by atoms with Crippen LogP contribution in [0.5, 0.6) is 0 Å². The van der Waals surface area contributed by atoms with Gasteiger partial charge >= 0.3 is 0 Å². The molecule has 1 N–H and O–H groups in total. The fourth-order valence-corrected chi connectivity index (χ4v) is 3.10. The van der Waals surface area contributed by atoms with Gasteiger partial charge in [-0.1, -0.05) is 19.3 Å². The second-order valence-corrected chi connectivity index (χ2v) is 5.43. The molecule has 0 amide bonds. The van der Waals surface area contributed by atoms with Crippen LogP contribution in [0.1, 0.15) is 44.9 Å². The first-order chi connectivity index (χ1) is 8.09. The van der Waals surface area contributed by atoms with Gasteiger partial charge in [-0.3, -0.25) is 4.79 Å². The highest BCUT2D eigenvalue weighted by atomic mass is 19.1. The number of hydrogen-bond donors (Lipinski definition) is 1. The van der Waals surface area contributed by atoms with Crippen LogP contribution in [0, 0.1) is 11.8 Å². The average Bonchev–Trinajstić information content (AvgIpc) is 2.35. The van der Waals surface area contributed by atoms with E-state index < -0.39 is 24.4 Å². The summed E-state index contributed by atoms with van der Waals surface area (Å²) in [7, 11) is 0. The van der Waals surface area contributed by atoms with Crippen molar-refractivity contribution in [1.29, 1.82) is 0 Å². The van der Waals surface area contributed by atoms with Crippen LogP contribution in [0.4, 0.5) is 8.78 Å². The van der Waals surface area contributed by atoms with Crippen molar-refractivity contribution in [2.24, 2.45) is 11.8 Å². The van der Waals surface area contributed by atoms with E-state index in [0.717, 1.165) is 32.1 Å². The van der Waals surface area contributed by atoms with Crippen LogP contribution in [0.3, 0.4) is 0 Å². The summed E-state index contributed by atoms with van der Waals surface area (Å²) < 4.78 is 26.7. The molecule has 2 atom stereocenters. The van der Waals surface area contributed by atoms with E-state index in [-0.39, 0.29) is 24.5 Å². The molecule has 0 aromatic heterocycles. The van der Waals surface area contributed by atoms with Gasteiger partial charge in [0.1, 0.15) is 24.2 Å². The molecule has 0 bridgehead atoms. The van der Waals surface area contributed by atoms with Crippen LogP contribution in [0.2, 0.25) is 0 Å². The van der Waals surface area contributed by atoms with Crippen molar-refractivity contribution in [3.63, 3.8) is 0 Å². The number of carbonyl (C=O) groups is 1. The number of halogens is 2. The van der Waals surface area contributed by atoms with Crippen LogP contribution in [0.25, 0.3) is 0 Å². The topological polar surface area (TPSA) is 37.3 Å². The van der Waals surface area contributed by atoms with Crippen molar-refractivity contribution < 1.29 is 18.7 Å². The molecule has 0 aliphatic heterocycles. The molecule has 0 aromatic carbocycles.